The molecule has 0 aliphatic carbocycles. The number of hydrogen-bond donors (Lipinski definition) is 1. The highest BCUT2D eigenvalue weighted by molar-refractivity contribution is 9.10. The second-order valence-corrected chi connectivity index (χ2v) is 5.45. The lowest BCUT2D eigenvalue weighted by atomic mass is 10.1. The Morgan fingerprint density at radius 3 is 2.63 bits per heavy atom. The maximum atomic E-state index is 5.86. The Bertz CT molecular complexity index is 396. The van der Waals surface area contributed by atoms with E-state index in [0.29, 0.717) is 12.6 Å². The van der Waals surface area contributed by atoms with Crippen LogP contribution < -0.4 is 14.8 Å². The Morgan fingerprint density at radius 1 is 1.32 bits per heavy atom. The second-order valence-electron chi connectivity index (χ2n) is 4.60. The molecule has 0 aliphatic heterocycles. The van der Waals surface area contributed by atoms with Crippen molar-refractivity contribution in [2.24, 2.45) is 0 Å². The van der Waals surface area contributed by atoms with E-state index in [4.69, 9.17) is 9.47 Å². The number of methoxy groups -OCH3 is 1. The Labute approximate surface area is 124 Å². The molecule has 3 nitrogen and oxygen atoms in total. The Balaban J connectivity index is 2.96. The van der Waals surface area contributed by atoms with Gasteiger partial charge in [0.2, 0.25) is 0 Å². The normalized spacial score (nSPS) is 12.3. The zero-order chi connectivity index (χ0) is 14.3. The molecule has 1 atom stereocenters. The van der Waals surface area contributed by atoms with Gasteiger partial charge in [-0.15, -0.1) is 0 Å². The number of benzene rings is 1. The molecule has 0 radical (unpaired) electrons. The van der Waals surface area contributed by atoms with E-state index in [9.17, 15) is 0 Å². The highest BCUT2D eigenvalue weighted by atomic mass is 79.9. The fourth-order valence-corrected chi connectivity index (χ4v) is 2.14. The van der Waals surface area contributed by atoms with Gasteiger partial charge in [-0.05, 0) is 31.9 Å². The van der Waals surface area contributed by atoms with E-state index >= 15 is 0 Å². The second kappa shape index (κ2) is 8.43. The van der Waals surface area contributed by atoms with Gasteiger partial charge in [0.05, 0.1) is 13.7 Å². The number of ether oxygens (including phenoxy) is 2. The van der Waals surface area contributed by atoms with Crippen molar-refractivity contribution >= 4 is 15.9 Å². The zero-order valence-corrected chi connectivity index (χ0v) is 13.8. The number of nitrogens with one attached hydrogen (secondary N) is 1. The molecule has 1 aromatic carbocycles. The first-order chi connectivity index (χ1) is 9.13. The zero-order valence-electron chi connectivity index (χ0n) is 12.3. The fourth-order valence-electron chi connectivity index (χ4n) is 1.69. The summed E-state index contributed by atoms with van der Waals surface area (Å²) < 4.78 is 12.3. The van der Waals surface area contributed by atoms with Crippen molar-refractivity contribution in [2.45, 2.75) is 46.2 Å². The lowest BCUT2D eigenvalue weighted by Gasteiger charge is -2.18. The molecule has 19 heavy (non-hydrogen) atoms. The van der Waals surface area contributed by atoms with Crippen molar-refractivity contribution < 1.29 is 9.47 Å². The third kappa shape index (κ3) is 4.69. The maximum Gasteiger partial charge on any atom is 0.166 e. The first-order valence-electron chi connectivity index (χ1n) is 6.85. The molecule has 1 aromatic rings. The smallest absolute Gasteiger partial charge is 0.166 e. The highest BCUT2D eigenvalue weighted by Gasteiger charge is 2.14. The lowest BCUT2D eigenvalue weighted by Crippen LogP contribution is -2.25. The molecule has 0 saturated heterocycles. The lowest BCUT2D eigenvalue weighted by molar-refractivity contribution is 0.289. The quantitative estimate of drug-likeness (QED) is 0.777. The van der Waals surface area contributed by atoms with Gasteiger partial charge in [-0.3, -0.25) is 0 Å². The number of hydrogen-bond acceptors (Lipinski definition) is 3. The average molecular weight is 330 g/mol. The summed E-state index contributed by atoms with van der Waals surface area (Å²) in [5.74, 6) is 1.63. The van der Waals surface area contributed by atoms with Crippen molar-refractivity contribution in [3.8, 4) is 11.5 Å². The van der Waals surface area contributed by atoms with Crippen LogP contribution in [-0.4, -0.2) is 19.8 Å². The van der Waals surface area contributed by atoms with E-state index in [-0.39, 0.29) is 0 Å². The van der Waals surface area contributed by atoms with E-state index in [0.717, 1.165) is 40.9 Å². The van der Waals surface area contributed by atoms with Crippen LogP contribution in [0.25, 0.3) is 0 Å². The standard InChI is InChI=1S/C15H24BrNO2/c1-5-9-19-15-12(10-17-11(3)6-2)13(16)7-8-14(15)18-4/h7-8,11,17H,5-6,9-10H2,1-4H3. The van der Waals surface area contributed by atoms with E-state index in [1.807, 2.05) is 12.1 Å². The summed E-state index contributed by atoms with van der Waals surface area (Å²) in [7, 11) is 1.67. The van der Waals surface area contributed by atoms with Gasteiger partial charge in [-0.25, -0.2) is 0 Å². The van der Waals surface area contributed by atoms with Crippen LogP contribution in [0, 0.1) is 0 Å². The van der Waals surface area contributed by atoms with Gasteiger partial charge in [-0.1, -0.05) is 29.8 Å². The summed E-state index contributed by atoms with van der Waals surface area (Å²) in [6.45, 7) is 7.92. The summed E-state index contributed by atoms with van der Waals surface area (Å²) in [6, 6.07) is 4.42. The molecular weight excluding hydrogens is 306 g/mol. The van der Waals surface area contributed by atoms with Gasteiger partial charge < -0.3 is 14.8 Å². The van der Waals surface area contributed by atoms with Gasteiger partial charge in [-0.2, -0.15) is 0 Å². The summed E-state index contributed by atoms with van der Waals surface area (Å²) in [5, 5.41) is 3.49. The van der Waals surface area contributed by atoms with Crippen LogP contribution in [-0.2, 0) is 6.54 Å². The minimum Gasteiger partial charge on any atom is -0.493 e. The summed E-state index contributed by atoms with van der Waals surface area (Å²) in [6.07, 6.45) is 2.08. The molecule has 1 unspecified atom stereocenters. The predicted molar refractivity (Wildman–Crippen MR) is 83.1 cm³/mol. The summed E-state index contributed by atoms with van der Waals surface area (Å²) in [5.41, 5.74) is 1.12. The van der Waals surface area contributed by atoms with Crippen LogP contribution >= 0.6 is 15.9 Å². The van der Waals surface area contributed by atoms with E-state index in [1.165, 1.54) is 0 Å². The van der Waals surface area contributed by atoms with Crippen LogP contribution in [0.5, 0.6) is 11.5 Å². The van der Waals surface area contributed by atoms with Crippen molar-refractivity contribution in [3.05, 3.63) is 22.2 Å². The molecule has 108 valence electrons. The topological polar surface area (TPSA) is 30.5 Å². The molecule has 0 aromatic heterocycles. The third-order valence-corrected chi connectivity index (χ3v) is 3.82. The van der Waals surface area contributed by atoms with E-state index < -0.39 is 0 Å². The minimum atomic E-state index is 0.483. The van der Waals surface area contributed by atoms with E-state index in [1.54, 1.807) is 7.11 Å². The van der Waals surface area contributed by atoms with Crippen molar-refractivity contribution in [3.63, 3.8) is 0 Å². The molecule has 0 saturated carbocycles. The van der Waals surface area contributed by atoms with Crippen molar-refractivity contribution in [1.82, 2.24) is 5.32 Å². The molecule has 0 bridgehead atoms. The molecule has 0 spiro atoms. The van der Waals surface area contributed by atoms with Crippen LogP contribution in [0.4, 0.5) is 0 Å². The van der Waals surface area contributed by atoms with Gasteiger partial charge >= 0.3 is 0 Å². The number of rotatable bonds is 8. The third-order valence-electron chi connectivity index (χ3n) is 3.08. The minimum absolute atomic E-state index is 0.483. The van der Waals surface area contributed by atoms with Crippen molar-refractivity contribution in [2.75, 3.05) is 13.7 Å². The number of halogens is 1. The first-order valence-corrected chi connectivity index (χ1v) is 7.64. The molecule has 0 heterocycles. The van der Waals surface area contributed by atoms with Crippen LogP contribution in [0.3, 0.4) is 0 Å². The Kier molecular flexibility index (Phi) is 7.24. The summed E-state index contributed by atoms with van der Waals surface area (Å²) >= 11 is 3.60. The van der Waals surface area contributed by atoms with Gasteiger partial charge in [0, 0.05) is 22.6 Å². The average Bonchev–Trinajstić information content (AvgIpc) is 2.43. The van der Waals surface area contributed by atoms with Crippen molar-refractivity contribution in [1.29, 1.82) is 0 Å². The predicted octanol–water partition coefficient (Wildman–Crippen LogP) is 4.13. The first kappa shape index (κ1) is 16.3. The fraction of sp³-hybridized carbons (Fsp3) is 0.600. The van der Waals surface area contributed by atoms with Gasteiger partial charge in [0.15, 0.2) is 11.5 Å². The molecular formula is C15H24BrNO2. The maximum absolute atomic E-state index is 5.86. The van der Waals surface area contributed by atoms with Gasteiger partial charge in [0.25, 0.3) is 0 Å². The van der Waals surface area contributed by atoms with Crippen LogP contribution in [0.1, 0.15) is 39.2 Å². The SMILES string of the molecule is CCCOc1c(OC)ccc(Br)c1CNC(C)CC. The Morgan fingerprint density at radius 2 is 2.05 bits per heavy atom. The molecule has 4 heteroatoms. The molecule has 1 rings (SSSR count). The molecule has 0 amide bonds. The monoisotopic (exact) mass is 329 g/mol. The Hall–Kier alpha value is -0.740. The largest absolute Gasteiger partial charge is 0.493 e. The van der Waals surface area contributed by atoms with Crippen LogP contribution in [0.15, 0.2) is 16.6 Å². The van der Waals surface area contributed by atoms with E-state index in [2.05, 4.69) is 42.0 Å². The summed E-state index contributed by atoms with van der Waals surface area (Å²) in [4.78, 5) is 0. The highest BCUT2D eigenvalue weighted by Crippen LogP contribution is 2.36. The molecule has 0 aliphatic rings. The molecule has 1 N–H and O–H groups in total. The molecule has 0 fully saturated rings. The van der Waals surface area contributed by atoms with Gasteiger partial charge in [0.1, 0.15) is 0 Å². The van der Waals surface area contributed by atoms with Crippen LogP contribution in [0.2, 0.25) is 0 Å².